The Bertz CT molecular complexity index is 393. The maximum absolute atomic E-state index is 3.73. The van der Waals surface area contributed by atoms with Crippen LogP contribution in [0.2, 0.25) is 0 Å². The lowest BCUT2D eigenvalue weighted by molar-refractivity contribution is 0.331. The van der Waals surface area contributed by atoms with E-state index in [4.69, 9.17) is 0 Å². The van der Waals surface area contributed by atoms with Crippen LogP contribution in [0.25, 0.3) is 0 Å². The maximum Gasteiger partial charge on any atom is 0.0291 e. The molecular weight excluding hydrogens is 242 g/mol. The Hall–Kier alpha value is -0.820. The van der Waals surface area contributed by atoms with Gasteiger partial charge in [-0.1, -0.05) is 64.3 Å². The zero-order valence-corrected chi connectivity index (χ0v) is 13.7. The number of hydrogen-bond donors (Lipinski definition) is 1. The van der Waals surface area contributed by atoms with Crippen molar-refractivity contribution < 1.29 is 0 Å². The van der Waals surface area contributed by atoms with Crippen molar-refractivity contribution >= 4 is 0 Å². The molecule has 1 atom stereocenters. The van der Waals surface area contributed by atoms with E-state index in [1.54, 1.807) is 0 Å². The SMILES string of the molecule is CC(NCC1CCCCC1)c1ccc(C(C)(C)C)cc1. The van der Waals surface area contributed by atoms with Crippen molar-refractivity contribution in [1.82, 2.24) is 5.32 Å². The molecule has 1 unspecified atom stereocenters. The molecule has 0 saturated heterocycles. The molecule has 0 aromatic heterocycles. The molecule has 0 radical (unpaired) electrons. The van der Waals surface area contributed by atoms with Gasteiger partial charge in [0.15, 0.2) is 0 Å². The van der Waals surface area contributed by atoms with E-state index in [1.807, 2.05) is 0 Å². The van der Waals surface area contributed by atoms with Crippen LogP contribution in [0, 0.1) is 5.92 Å². The molecule has 2 rings (SSSR count). The fourth-order valence-corrected chi connectivity index (χ4v) is 3.12. The van der Waals surface area contributed by atoms with Crippen LogP contribution in [-0.4, -0.2) is 6.54 Å². The lowest BCUT2D eigenvalue weighted by atomic mass is 9.86. The van der Waals surface area contributed by atoms with E-state index >= 15 is 0 Å². The molecular formula is C19H31N. The van der Waals surface area contributed by atoms with Gasteiger partial charge in [-0.25, -0.2) is 0 Å². The fraction of sp³-hybridized carbons (Fsp3) is 0.684. The van der Waals surface area contributed by atoms with E-state index < -0.39 is 0 Å². The van der Waals surface area contributed by atoms with Crippen LogP contribution in [0.15, 0.2) is 24.3 Å². The van der Waals surface area contributed by atoms with E-state index in [0.717, 1.165) is 5.92 Å². The monoisotopic (exact) mass is 273 g/mol. The molecule has 1 saturated carbocycles. The normalized spacial score (nSPS) is 19.0. The van der Waals surface area contributed by atoms with E-state index in [9.17, 15) is 0 Å². The number of hydrogen-bond acceptors (Lipinski definition) is 1. The van der Waals surface area contributed by atoms with Crippen LogP contribution in [0.5, 0.6) is 0 Å². The Morgan fingerprint density at radius 2 is 1.65 bits per heavy atom. The largest absolute Gasteiger partial charge is 0.310 e. The molecule has 20 heavy (non-hydrogen) atoms. The highest BCUT2D eigenvalue weighted by Crippen LogP contribution is 2.25. The van der Waals surface area contributed by atoms with Crippen LogP contribution >= 0.6 is 0 Å². The zero-order chi connectivity index (χ0) is 14.6. The first-order valence-corrected chi connectivity index (χ1v) is 8.30. The zero-order valence-electron chi connectivity index (χ0n) is 13.7. The Kier molecular flexibility index (Phi) is 5.26. The standard InChI is InChI=1S/C19H31N/c1-15(20-14-16-8-6-5-7-9-16)17-10-12-18(13-11-17)19(2,3)4/h10-13,15-16,20H,5-9,14H2,1-4H3. The van der Waals surface area contributed by atoms with Gasteiger partial charge in [-0.3, -0.25) is 0 Å². The second-order valence-electron chi connectivity index (χ2n) is 7.51. The van der Waals surface area contributed by atoms with Crippen molar-refractivity contribution in [3.05, 3.63) is 35.4 Å². The minimum Gasteiger partial charge on any atom is -0.310 e. The third-order valence-corrected chi connectivity index (χ3v) is 4.71. The van der Waals surface area contributed by atoms with Gasteiger partial charge in [-0.2, -0.15) is 0 Å². The summed E-state index contributed by atoms with van der Waals surface area (Å²) in [6, 6.07) is 9.62. The summed E-state index contributed by atoms with van der Waals surface area (Å²) in [7, 11) is 0. The summed E-state index contributed by atoms with van der Waals surface area (Å²) in [5.74, 6) is 0.903. The summed E-state index contributed by atoms with van der Waals surface area (Å²) in [4.78, 5) is 0. The van der Waals surface area contributed by atoms with E-state index in [0.29, 0.717) is 6.04 Å². The van der Waals surface area contributed by atoms with Crippen LogP contribution < -0.4 is 5.32 Å². The summed E-state index contributed by atoms with van der Waals surface area (Å²) in [6.07, 6.45) is 7.15. The Labute approximate surface area is 125 Å². The van der Waals surface area contributed by atoms with E-state index in [-0.39, 0.29) is 5.41 Å². The van der Waals surface area contributed by atoms with Gasteiger partial charge in [-0.15, -0.1) is 0 Å². The Morgan fingerprint density at radius 1 is 1.05 bits per heavy atom. The molecule has 0 heterocycles. The lowest BCUT2D eigenvalue weighted by Crippen LogP contribution is -2.27. The number of nitrogens with one attached hydrogen (secondary N) is 1. The van der Waals surface area contributed by atoms with Crippen LogP contribution in [0.1, 0.15) is 77.0 Å². The molecule has 1 aliphatic carbocycles. The van der Waals surface area contributed by atoms with Crippen molar-refractivity contribution in [1.29, 1.82) is 0 Å². The molecule has 1 nitrogen and oxygen atoms in total. The molecule has 1 aromatic carbocycles. The van der Waals surface area contributed by atoms with E-state index in [2.05, 4.69) is 57.3 Å². The molecule has 0 amide bonds. The summed E-state index contributed by atoms with van der Waals surface area (Å²) in [5.41, 5.74) is 3.08. The molecule has 1 aromatic rings. The second kappa shape index (κ2) is 6.76. The lowest BCUT2D eigenvalue weighted by Gasteiger charge is -2.25. The minimum absolute atomic E-state index is 0.247. The molecule has 0 bridgehead atoms. The van der Waals surface area contributed by atoms with Gasteiger partial charge in [0, 0.05) is 6.04 Å². The average molecular weight is 273 g/mol. The molecule has 1 aliphatic rings. The maximum atomic E-state index is 3.73. The molecule has 1 fully saturated rings. The van der Waals surface area contributed by atoms with Gasteiger partial charge in [0.2, 0.25) is 0 Å². The molecule has 0 aliphatic heterocycles. The van der Waals surface area contributed by atoms with Gasteiger partial charge in [0.05, 0.1) is 0 Å². The molecule has 1 heteroatoms. The Balaban J connectivity index is 1.87. The first kappa shape index (κ1) is 15.6. The van der Waals surface area contributed by atoms with Crippen LogP contribution in [0.3, 0.4) is 0 Å². The summed E-state index contributed by atoms with van der Waals surface area (Å²) >= 11 is 0. The van der Waals surface area contributed by atoms with Crippen LogP contribution in [0.4, 0.5) is 0 Å². The Morgan fingerprint density at radius 3 is 2.20 bits per heavy atom. The highest BCUT2D eigenvalue weighted by atomic mass is 14.9. The van der Waals surface area contributed by atoms with Crippen molar-refractivity contribution in [3.63, 3.8) is 0 Å². The summed E-state index contributed by atoms with van der Waals surface area (Å²) < 4.78 is 0. The van der Waals surface area contributed by atoms with E-state index in [1.165, 1.54) is 49.8 Å². The third-order valence-electron chi connectivity index (χ3n) is 4.71. The van der Waals surface area contributed by atoms with Gasteiger partial charge in [0.25, 0.3) is 0 Å². The van der Waals surface area contributed by atoms with Gasteiger partial charge in [0.1, 0.15) is 0 Å². The van der Waals surface area contributed by atoms with Gasteiger partial charge >= 0.3 is 0 Å². The number of rotatable bonds is 4. The quantitative estimate of drug-likeness (QED) is 0.793. The first-order chi connectivity index (χ1) is 9.47. The van der Waals surface area contributed by atoms with Crippen molar-refractivity contribution in [2.75, 3.05) is 6.54 Å². The van der Waals surface area contributed by atoms with Crippen LogP contribution in [-0.2, 0) is 5.41 Å². The summed E-state index contributed by atoms with van der Waals surface area (Å²) in [5, 5.41) is 3.73. The summed E-state index contributed by atoms with van der Waals surface area (Å²) in [6.45, 7) is 10.3. The molecule has 1 N–H and O–H groups in total. The first-order valence-electron chi connectivity index (χ1n) is 8.30. The molecule has 0 spiro atoms. The van der Waals surface area contributed by atoms with Gasteiger partial charge < -0.3 is 5.32 Å². The number of benzene rings is 1. The molecule has 112 valence electrons. The second-order valence-corrected chi connectivity index (χ2v) is 7.51. The highest BCUT2D eigenvalue weighted by molar-refractivity contribution is 5.29. The topological polar surface area (TPSA) is 12.0 Å². The third kappa shape index (κ3) is 4.34. The highest BCUT2D eigenvalue weighted by Gasteiger charge is 2.16. The van der Waals surface area contributed by atoms with Crippen molar-refractivity contribution in [2.45, 2.75) is 71.3 Å². The fourth-order valence-electron chi connectivity index (χ4n) is 3.12. The van der Waals surface area contributed by atoms with Crippen molar-refractivity contribution in [3.8, 4) is 0 Å². The predicted molar refractivity (Wildman–Crippen MR) is 88.1 cm³/mol. The minimum atomic E-state index is 0.247. The van der Waals surface area contributed by atoms with Gasteiger partial charge in [-0.05, 0) is 48.8 Å². The average Bonchev–Trinajstić information content (AvgIpc) is 2.45. The smallest absolute Gasteiger partial charge is 0.0291 e. The predicted octanol–water partition coefficient (Wildman–Crippen LogP) is 5.22. The van der Waals surface area contributed by atoms with Crippen molar-refractivity contribution in [2.24, 2.45) is 5.92 Å².